The van der Waals surface area contributed by atoms with Crippen molar-refractivity contribution in [2.24, 2.45) is 11.5 Å². The van der Waals surface area contributed by atoms with Crippen LogP contribution < -0.4 is 47.9 Å². The molecule has 0 atom stereocenters. The fourth-order valence-electron chi connectivity index (χ4n) is 0.558. The van der Waals surface area contributed by atoms with Gasteiger partial charge in [-0.3, -0.25) is 16.9 Å². The molecule has 0 aromatic carbocycles. The first kappa shape index (κ1) is 27.3. The van der Waals surface area contributed by atoms with Gasteiger partial charge in [-0.1, -0.05) is 0 Å². The van der Waals surface area contributed by atoms with Gasteiger partial charge in [0.2, 0.25) is 0 Å². The van der Waals surface area contributed by atoms with Crippen molar-refractivity contribution in [3.63, 3.8) is 0 Å². The van der Waals surface area contributed by atoms with Crippen LogP contribution in [-0.2, 0) is 26.4 Å². The molecule has 0 spiro atoms. The van der Waals surface area contributed by atoms with Gasteiger partial charge >= 0.3 is 22.7 Å². The van der Waals surface area contributed by atoms with Gasteiger partial charge in [0.05, 0.1) is 11.9 Å². The van der Waals surface area contributed by atoms with Crippen LogP contribution in [-0.4, -0.2) is 50.2 Å². The number of rotatable bonds is 7. The van der Waals surface area contributed by atoms with Gasteiger partial charge in [0.15, 0.2) is 0 Å². The largest absolute Gasteiger partial charge is 3.00 e. The molecular formula is C8H16CoN5O7. The fourth-order valence-corrected chi connectivity index (χ4v) is 0.558. The van der Waals surface area contributed by atoms with E-state index in [1.54, 1.807) is 0 Å². The SMILES string of the molecule is NC(N)=[NH2+].O=C([O-])CNCCNCC(=O)[O-].O=C([O-])[O-].[Co+3]. The van der Waals surface area contributed by atoms with E-state index in [1.807, 2.05) is 0 Å². The van der Waals surface area contributed by atoms with E-state index in [1.165, 1.54) is 0 Å². The first-order valence-corrected chi connectivity index (χ1v) is 4.92. The van der Waals surface area contributed by atoms with Gasteiger partial charge in [-0.2, -0.15) is 0 Å². The molecule has 0 unspecified atom stereocenters. The normalized spacial score (nSPS) is 7.81. The van der Waals surface area contributed by atoms with Crippen LogP contribution in [0.3, 0.4) is 0 Å². The summed E-state index contributed by atoms with van der Waals surface area (Å²) in [5.41, 5.74) is 9.17. The van der Waals surface area contributed by atoms with Crippen molar-refractivity contribution in [2.45, 2.75) is 0 Å². The molecule has 0 aromatic rings. The molecule has 0 aliphatic carbocycles. The van der Waals surface area contributed by atoms with E-state index in [0.717, 1.165) is 0 Å². The van der Waals surface area contributed by atoms with E-state index in [4.69, 9.17) is 15.0 Å². The number of hydrogen-bond acceptors (Lipinski definition) is 9. The zero-order valence-corrected chi connectivity index (χ0v) is 11.8. The van der Waals surface area contributed by atoms with E-state index < -0.39 is 18.1 Å². The predicted molar refractivity (Wildman–Crippen MR) is 56.5 cm³/mol. The summed E-state index contributed by atoms with van der Waals surface area (Å²) in [5, 5.41) is 46.0. The van der Waals surface area contributed by atoms with Crippen molar-refractivity contribution in [3.8, 4) is 0 Å². The summed E-state index contributed by atoms with van der Waals surface area (Å²) in [5.74, 6) is -2.45. The Labute approximate surface area is 130 Å². The predicted octanol–water partition coefficient (Wildman–Crippen LogP) is -9.77. The monoisotopic (exact) mass is 353 g/mol. The molecule has 13 heteroatoms. The second-order valence-corrected chi connectivity index (χ2v) is 2.85. The summed E-state index contributed by atoms with van der Waals surface area (Å²) in [6.07, 6.45) is -2.33. The van der Waals surface area contributed by atoms with Gasteiger partial charge < -0.3 is 45.4 Å². The van der Waals surface area contributed by atoms with Crippen LogP contribution in [0.4, 0.5) is 4.79 Å². The van der Waals surface area contributed by atoms with Crippen molar-refractivity contribution in [3.05, 3.63) is 0 Å². The van der Waals surface area contributed by atoms with Gasteiger partial charge in [0.1, 0.15) is 0 Å². The molecule has 0 amide bonds. The number of carbonyl (C=O) groups excluding carboxylic acids is 3. The van der Waals surface area contributed by atoms with Gasteiger partial charge in [-0.25, -0.2) is 0 Å². The summed E-state index contributed by atoms with van der Waals surface area (Å²) in [7, 11) is 0. The number of carboxylic acids is 2. The number of carboxylic acid groups (broad SMARTS) is 4. The van der Waals surface area contributed by atoms with Crippen LogP contribution in [0.25, 0.3) is 0 Å². The van der Waals surface area contributed by atoms with Crippen molar-refractivity contribution in [2.75, 3.05) is 26.2 Å². The van der Waals surface area contributed by atoms with Gasteiger partial charge in [0, 0.05) is 26.2 Å². The van der Waals surface area contributed by atoms with E-state index in [2.05, 4.69) is 27.5 Å². The Morgan fingerprint density at radius 1 is 0.857 bits per heavy atom. The number of guanidine groups is 1. The zero-order valence-electron chi connectivity index (χ0n) is 10.8. The van der Waals surface area contributed by atoms with Crippen molar-refractivity contribution in [1.82, 2.24) is 10.6 Å². The Balaban J connectivity index is -0.000000134. The molecule has 21 heavy (non-hydrogen) atoms. The van der Waals surface area contributed by atoms with Gasteiger partial charge in [-0.15, -0.1) is 0 Å². The molecule has 0 aliphatic rings. The molecule has 0 fully saturated rings. The second kappa shape index (κ2) is 20.2. The minimum atomic E-state index is -2.33. The molecule has 0 heterocycles. The van der Waals surface area contributed by atoms with E-state index in [9.17, 15) is 19.8 Å². The Bertz CT molecular complexity index is 277. The first-order valence-electron chi connectivity index (χ1n) is 4.92. The van der Waals surface area contributed by atoms with Crippen molar-refractivity contribution >= 4 is 24.1 Å². The fraction of sp³-hybridized carbons (Fsp3) is 0.500. The smallest absolute Gasteiger partial charge is 0.652 e. The third-order valence-electron chi connectivity index (χ3n) is 1.02. The number of nitrogens with one attached hydrogen (secondary N) is 2. The van der Waals surface area contributed by atoms with E-state index in [-0.39, 0.29) is 35.8 Å². The van der Waals surface area contributed by atoms with Crippen LogP contribution in [0, 0.1) is 0 Å². The standard InChI is InChI=1S/C6H12N2O4.CH5N3.CH2O3.Co/c9-5(10)3-7-1-2-8-4-6(11)12;2*2-1(3)4;/h7-8H,1-4H2,(H,9,10)(H,11,12);(H5,2,3,4);(H2,2,3,4);/q;;;+3/p-3. The van der Waals surface area contributed by atoms with E-state index in [0.29, 0.717) is 13.1 Å². The molecule has 0 radical (unpaired) electrons. The minimum absolute atomic E-state index is 0. The quantitative estimate of drug-likeness (QED) is 0.163. The summed E-state index contributed by atoms with van der Waals surface area (Å²) in [4.78, 5) is 28.0. The average Bonchev–Trinajstić information content (AvgIpc) is 2.20. The zero-order chi connectivity index (χ0) is 16.6. The Morgan fingerprint density at radius 2 is 1.05 bits per heavy atom. The van der Waals surface area contributed by atoms with Crippen molar-refractivity contribution < 1.29 is 57.0 Å². The summed E-state index contributed by atoms with van der Waals surface area (Å²) < 4.78 is 0. The summed E-state index contributed by atoms with van der Waals surface area (Å²) in [6.45, 7) is 0.294. The topological polar surface area (TPSA) is 245 Å². The molecule has 0 bridgehead atoms. The average molecular weight is 353 g/mol. The number of aliphatic carboxylic acids is 2. The minimum Gasteiger partial charge on any atom is -0.652 e. The molecule has 0 aliphatic heterocycles. The van der Waals surface area contributed by atoms with Crippen LogP contribution in [0.15, 0.2) is 0 Å². The first-order chi connectivity index (χ1) is 9.09. The number of hydrogen-bond donors (Lipinski definition) is 5. The summed E-state index contributed by atoms with van der Waals surface area (Å²) >= 11 is 0. The molecule has 124 valence electrons. The molecule has 0 rings (SSSR count). The maximum atomic E-state index is 9.84. The molecule has 0 saturated heterocycles. The maximum absolute atomic E-state index is 9.84. The van der Waals surface area contributed by atoms with Gasteiger partial charge in [-0.05, 0) is 6.16 Å². The second-order valence-electron chi connectivity index (χ2n) is 2.85. The van der Waals surface area contributed by atoms with Crippen LogP contribution >= 0.6 is 0 Å². The molecule has 12 nitrogen and oxygen atoms in total. The Hall–Kier alpha value is -2.09. The molecule has 0 saturated carbocycles. The van der Waals surface area contributed by atoms with Crippen molar-refractivity contribution in [1.29, 1.82) is 0 Å². The van der Waals surface area contributed by atoms with Gasteiger partial charge in [0.25, 0.3) is 0 Å². The van der Waals surface area contributed by atoms with E-state index >= 15 is 0 Å². The van der Waals surface area contributed by atoms with Crippen LogP contribution in [0.5, 0.6) is 0 Å². The molecular weight excluding hydrogens is 337 g/mol. The summed E-state index contributed by atoms with van der Waals surface area (Å²) in [6, 6.07) is 0. The third kappa shape index (κ3) is 95.0. The number of carbonyl (C=O) groups is 3. The van der Waals surface area contributed by atoms with Crippen LogP contribution in [0.1, 0.15) is 0 Å². The maximum Gasteiger partial charge on any atom is 3.00 e. The Morgan fingerprint density at radius 3 is 1.19 bits per heavy atom. The van der Waals surface area contributed by atoms with Crippen LogP contribution in [0.2, 0.25) is 0 Å². The number of nitrogens with two attached hydrogens (primary N) is 3. The molecule has 8 N–H and O–H groups in total. The Kier molecular flexibility index (Phi) is 26.3. The third-order valence-corrected chi connectivity index (χ3v) is 1.02. The molecule has 0 aromatic heterocycles.